The molecule has 0 aliphatic rings. The number of para-hydroxylation sites is 1. The van der Waals surface area contributed by atoms with Gasteiger partial charge in [-0.1, -0.05) is 18.2 Å². The van der Waals surface area contributed by atoms with Crippen molar-refractivity contribution in [1.29, 1.82) is 0 Å². The van der Waals surface area contributed by atoms with Crippen LogP contribution in [-0.4, -0.2) is 26.8 Å². The highest BCUT2D eigenvalue weighted by molar-refractivity contribution is 5.39. The molecule has 5 nitrogen and oxygen atoms in total. The van der Waals surface area contributed by atoms with Gasteiger partial charge in [-0.25, -0.2) is 0 Å². The number of aryl methyl sites for hydroxylation is 2. The van der Waals surface area contributed by atoms with Gasteiger partial charge in [0.1, 0.15) is 0 Å². The number of nitrogens with zero attached hydrogens (tertiary/aromatic N) is 4. The molecule has 84 valence electrons. The zero-order valence-electron chi connectivity index (χ0n) is 9.30. The van der Waals surface area contributed by atoms with Crippen LogP contribution in [-0.2, 0) is 6.42 Å². The van der Waals surface area contributed by atoms with Crippen LogP contribution < -0.4 is 5.73 Å². The summed E-state index contributed by atoms with van der Waals surface area (Å²) < 4.78 is 1.78. The Morgan fingerprint density at radius 3 is 2.88 bits per heavy atom. The van der Waals surface area contributed by atoms with Gasteiger partial charge in [-0.2, -0.15) is 4.68 Å². The SMILES string of the molecule is Cc1ccccc1-n1nnnc1CCCN. The number of benzene rings is 1. The maximum atomic E-state index is 5.49. The van der Waals surface area contributed by atoms with Crippen molar-refractivity contribution in [3.8, 4) is 5.69 Å². The summed E-state index contributed by atoms with van der Waals surface area (Å²) in [7, 11) is 0. The minimum Gasteiger partial charge on any atom is -0.330 e. The Balaban J connectivity index is 2.33. The molecule has 2 N–H and O–H groups in total. The highest BCUT2D eigenvalue weighted by Crippen LogP contribution is 2.13. The summed E-state index contributed by atoms with van der Waals surface area (Å²) in [6, 6.07) is 8.04. The number of nitrogens with two attached hydrogens (primary N) is 1. The molecule has 0 spiro atoms. The van der Waals surface area contributed by atoms with Crippen LogP contribution >= 0.6 is 0 Å². The van der Waals surface area contributed by atoms with Gasteiger partial charge in [-0.3, -0.25) is 0 Å². The van der Waals surface area contributed by atoms with Crippen LogP contribution in [0.4, 0.5) is 0 Å². The summed E-state index contributed by atoms with van der Waals surface area (Å²) in [4.78, 5) is 0. The summed E-state index contributed by atoms with van der Waals surface area (Å²) >= 11 is 0. The smallest absolute Gasteiger partial charge is 0.156 e. The first-order chi connectivity index (χ1) is 7.83. The third-order valence-electron chi connectivity index (χ3n) is 2.48. The molecule has 0 saturated heterocycles. The monoisotopic (exact) mass is 217 g/mol. The summed E-state index contributed by atoms with van der Waals surface area (Å²) in [6.07, 6.45) is 1.70. The predicted molar refractivity (Wildman–Crippen MR) is 61.3 cm³/mol. The molecule has 0 fully saturated rings. The lowest BCUT2D eigenvalue weighted by Gasteiger charge is -2.06. The zero-order valence-corrected chi connectivity index (χ0v) is 9.30. The summed E-state index contributed by atoms with van der Waals surface area (Å²) in [6.45, 7) is 2.70. The van der Waals surface area contributed by atoms with Gasteiger partial charge in [0, 0.05) is 6.42 Å². The second kappa shape index (κ2) is 4.85. The van der Waals surface area contributed by atoms with E-state index in [1.165, 1.54) is 0 Å². The molecule has 0 aliphatic carbocycles. The van der Waals surface area contributed by atoms with E-state index in [2.05, 4.69) is 15.5 Å². The van der Waals surface area contributed by atoms with Crippen LogP contribution in [0.2, 0.25) is 0 Å². The van der Waals surface area contributed by atoms with Gasteiger partial charge in [-0.05, 0) is 41.9 Å². The molecule has 0 unspecified atom stereocenters. The van der Waals surface area contributed by atoms with Crippen molar-refractivity contribution in [2.45, 2.75) is 19.8 Å². The molecule has 5 heteroatoms. The molecule has 0 saturated carbocycles. The van der Waals surface area contributed by atoms with Gasteiger partial charge in [0.2, 0.25) is 0 Å². The van der Waals surface area contributed by atoms with E-state index in [-0.39, 0.29) is 0 Å². The number of hydrogen-bond donors (Lipinski definition) is 1. The lowest BCUT2D eigenvalue weighted by Crippen LogP contribution is -2.07. The van der Waals surface area contributed by atoms with Crippen molar-refractivity contribution in [3.63, 3.8) is 0 Å². The van der Waals surface area contributed by atoms with E-state index in [0.29, 0.717) is 6.54 Å². The van der Waals surface area contributed by atoms with Gasteiger partial charge in [-0.15, -0.1) is 5.10 Å². The number of tetrazole rings is 1. The Morgan fingerprint density at radius 1 is 1.31 bits per heavy atom. The maximum absolute atomic E-state index is 5.49. The molecule has 1 aromatic heterocycles. The highest BCUT2D eigenvalue weighted by Gasteiger charge is 2.08. The van der Waals surface area contributed by atoms with Crippen molar-refractivity contribution in [2.24, 2.45) is 5.73 Å². The molecule has 0 radical (unpaired) electrons. The fourth-order valence-corrected chi connectivity index (χ4v) is 1.61. The zero-order chi connectivity index (χ0) is 11.4. The Kier molecular flexibility index (Phi) is 3.26. The molecule has 16 heavy (non-hydrogen) atoms. The molecule has 2 rings (SSSR count). The first kappa shape index (κ1) is 10.8. The van der Waals surface area contributed by atoms with Crippen LogP contribution in [0, 0.1) is 6.92 Å². The van der Waals surface area contributed by atoms with Crippen LogP contribution in [0.25, 0.3) is 5.69 Å². The minimum atomic E-state index is 0.653. The van der Waals surface area contributed by atoms with Gasteiger partial charge < -0.3 is 5.73 Å². The topological polar surface area (TPSA) is 69.6 Å². The fraction of sp³-hybridized carbons (Fsp3) is 0.364. The largest absolute Gasteiger partial charge is 0.330 e. The molecule has 0 aliphatic heterocycles. The van der Waals surface area contributed by atoms with E-state index in [0.717, 1.165) is 29.9 Å². The molecule has 0 bridgehead atoms. The van der Waals surface area contributed by atoms with Crippen LogP contribution in [0.1, 0.15) is 17.8 Å². The number of rotatable bonds is 4. The number of aromatic nitrogens is 4. The molecule has 2 aromatic rings. The lowest BCUT2D eigenvalue weighted by molar-refractivity contribution is 0.724. The van der Waals surface area contributed by atoms with Gasteiger partial charge >= 0.3 is 0 Å². The molecular formula is C11H15N5. The van der Waals surface area contributed by atoms with Gasteiger partial charge in [0.25, 0.3) is 0 Å². The molecule has 0 amide bonds. The minimum absolute atomic E-state index is 0.653. The second-order valence-corrected chi connectivity index (χ2v) is 3.69. The van der Waals surface area contributed by atoms with Gasteiger partial charge in [0.15, 0.2) is 5.82 Å². The van der Waals surface area contributed by atoms with Crippen molar-refractivity contribution in [1.82, 2.24) is 20.2 Å². The van der Waals surface area contributed by atoms with Crippen molar-refractivity contribution in [3.05, 3.63) is 35.7 Å². The Morgan fingerprint density at radius 2 is 2.12 bits per heavy atom. The van der Waals surface area contributed by atoms with Gasteiger partial charge in [0.05, 0.1) is 5.69 Å². The normalized spacial score (nSPS) is 10.6. The average Bonchev–Trinajstić information content (AvgIpc) is 2.75. The van der Waals surface area contributed by atoms with Crippen molar-refractivity contribution in [2.75, 3.05) is 6.54 Å². The summed E-state index contributed by atoms with van der Waals surface area (Å²) in [5, 5.41) is 11.7. The molecule has 1 aromatic carbocycles. The Hall–Kier alpha value is -1.75. The maximum Gasteiger partial charge on any atom is 0.156 e. The molecular weight excluding hydrogens is 202 g/mol. The third kappa shape index (κ3) is 2.09. The van der Waals surface area contributed by atoms with E-state index in [4.69, 9.17) is 5.73 Å². The fourth-order valence-electron chi connectivity index (χ4n) is 1.61. The van der Waals surface area contributed by atoms with Crippen molar-refractivity contribution < 1.29 is 0 Å². The van der Waals surface area contributed by atoms with E-state index in [1.807, 2.05) is 31.2 Å². The second-order valence-electron chi connectivity index (χ2n) is 3.69. The van der Waals surface area contributed by atoms with Crippen LogP contribution in [0.15, 0.2) is 24.3 Å². The van der Waals surface area contributed by atoms with Crippen LogP contribution in [0.5, 0.6) is 0 Å². The van der Waals surface area contributed by atoms with Crippen molar-refractivity contribution >= 4 is 0 Å². The number of hydrogen-bond acceptors (Lipinski definition) is 4. The summed E-state index contributed by atoms with van der Waals surface area (Å²) in [5.41, 5.74) is 7.67. The molecule has 0 atom stereocenters. The molecule has 1 heterocycles. The van der Waals surface area contributed by atoms with E-state index in [9.17, 15) is 0 Å². The average molecular weight is 217 g/mol. The van der Waals surface area contributed by atoms with E-state index < -0.39 is 0 Å². The lowest BCUT2D eigenvalue weighted by atomic mass is 10.2. The summed E-state index contributed by atoms with van der Waals surface area (Å²) in [5.74, 6) is 0.861. The predicted octanol–water partition coefficient (Wildman–Crippen LogP) is 0.862. The first-order valence-corrected chi connectivity index (χ1v) is 5.36. The Bertz CT molecular complexity index is 463. The van der Waals surface area contributed by atoms with E-state index in [1.54, 1.807) is 4.68 Å². The Labute approximate surface area is 94.3 Å². The van der Waals surface area contributed by atoms with Crippen LogP contribution in [0.3, 0.4) is 0 Å². The van der Waals surface area contributed by atoms with E-state index >= 15 is 0 Å². The quantitative estimate of drug-likeness (QED) is 0.824. The highest BCUT2D eigenvalue weighted by atomic mass is 15.5. The third-order valence-corrected chi connectivity index (χ3v) is 2.48. The first-order valence-electron chi connectivity index (χ1n) is 5.36. The standard InChI is InChI=1S/C11H15N5/c1-9-5-2-3-6-10(9)16-11(7-4-8-12)13-14-15-16/h2-3,5-6H,4,7-8,12H2,1H3.